The number of anilines is 2. The van der Waals surface area contributed by atoms with Crippen LogP contribution >= 0.6 is 0 Å². The van der Waals surface area contributed by atoms with Crippen molar-refractivity contribution in [1.82, 2.24) is 15.2 Å². The fourth-order valence-electron chi connectivity index (χ4n) is 4.79. The normalized spacial score (nSPS) is 14.6. The molecule has 1 aromatic heterocycles. The maximum Gasteiger partial charge on any atom is 0.409 e. The number of hydrogen-bond donors (Lipinski definition) is 3. The number of aromatic nitrogens is 1. The monoisotopic (exact) mass is 575 g/mol. The second-order valence-electron chi connectivity index (χ2n) is 9.61. The Labute approximate surface area is 241 Å². The lowest BCUT2D eigenvalue weighted by Gasteiger charge is -2.36. The first-order chi connectivity index (χ1) is 20.3. The molecular weight excluding hydrogens is 546 g/mol. The van der Waals surface area contributed by atoms with Crippen molar-refractivity contribution >= 4 is 35.3 Å². The van der Waals surface area contributed by atoms with Gasteiger partial charge in [0.05, 0.1) is 30.9 Å². The molecule has 1 unspecified atom stereocenters. The summed E-state index contributed by atoms with van der Waals surface area (Å²) in [6.45, 7) is 1.82. The van der Waals surface area contributed by atoms with Crippen LogP contribution in [0.4, 0.5) is 16.2 Å². The Hall–Kier alpha value is -5.33. The van der Waals surface area contributed by atoms with Gasteiger partial charge in [0.1, 0.15) is 0 Å². The summed E-state index contributed by atoms with van der Waals surface area (Å²) in [5, 5.41) is 15.1. The van der Waals surface area contributed by atoms with E-state index in [-0.39, 0.29) is 18.8 Å². The molecule has 0 radical (unpaired) electrons. The average Bonchev–Trinajstić information content (AvgIpc) is 3.49. The van der Waals surface area contributed by atoms with Crippen LogP contribution in [0.5, 0.6) is 11.5 Å². The number of piperazine rings is 1. The van der Waals surface area contributed by atoms with Gasteiger partial charge >= 0.3 is 12.1 Å². The lowest BCUT2D eigenvalue weighted by atomic mass is 10.0. The third-order valence-electron chi connectivity index (χ3n) is 6.97. The molecule has 0 saturated carbocycles. The fourth-order valence-corrected chi connectivity index (χ4v) is 4.79. The van der Waals surface area contributed by atoms with E-state index >= 15 is 0 Å². The summed E-state index contributed by atoms with van der Waals surface area (Å²) in [5.41, 5.74) is 2.11. The van der Waals surface area contributed by atoms with Crippen LogP contribution in [0.25, 0.3) is 0 Å². The molecule has 1 atom stereocenters. The number of nitrogens with one attached hydrogen (secondary N) is 2. The first kappa shape index (κ1) is 28.2. The van der Waals surface area contributed by atoms with Crippen LogP contribution in [0.1, 0.15) is 38.7 Å². The zero-order valence-electron chi connectivity index (χ0n) is 22.7. The number of hydrogen-bond acceptors (Lipinski definition) is 9. The number of methoxy groups -OCH3 is 1. The van der Waals surface area contributed by atoms with Crippen molar-refractivity contribution in [1.29, 1.82) is 0 Å². The molecule has 0 spiro atoms. The molecule has 3 N–H and O–H groups in total. The summed E-state index contributed by atoms with van der Waals surface area (Å²) < 4.78 is 15.6. The van der Waals surface area contributed by atoms with E-state index in [1.165, 1.54) is 13.3 Å². The minimum Gasteiger partial charge on any atom is -0.481 e. The highest BCUT2D eigenvalue weighted by molar-refractivity contribution is 6.07. The van der Waals surface area contributed by atoms with Crippen LogP contribution in [0.2, 0.25) is 0 Å². The smallest absolute Gasteiger partial charge is 0.409 e. The van der Waals surface area contributed by atoms with Crippen molar-refractivity contribution in [3.05, 3.63) is 77.6 Å². The fraction of sp³-hybridized carbons (Fsp3) is 0.276. The first-order valence-corrected chi connectivity index (χ1v) is 13.2. The van der Waals surface area contributed by atoms with Gasteiger partial charge in [-0.25, -0.2) is 4.79 Å². The summed E-state index contributed by atoms with van der Waals surface area (Å²) >= 11 is 0. The Morgan fingerprint density at radius 2 is 1.71 bits per heavy atom. The van der Waals surface area contributed by atoms with Crippen molar-refractivity contribution in [3.8, 4) is 11.5 Å². The molecule has 0 bridgehead atoms. The molecule has 13 nitrogen and oxygen atoms in total. The summed E-state index contributed by atoms with van der Waals surface area (Å²) in [6, 6.07) is 12.2. The van der Waals surface area contributed by atoms with Gasteiger partial charge in [0, 0.05) is 49.7 Å². The molecule has 2 aliphatic rings. The third-order valence-corrected chi connectivity index (χ3v) is 6.97. The highest BCUT2D eigenvalue weighted by atomic mass is 16.7. The van der Waals surface area contributed by atoms with Gasteiger partial charge in [-0.1, -0.05) is 6.07 Å². The number of carboxylic acids is 1. The average molecular weight is 576 g/mol. The molecule has 13 heteroatoms. The molecule has 42 heavy (non-hydrogen) atoms. The van der Waals surface area contributed by atoms with Crippen molar-refractivity contribution in [2.24, 2.45) is 0 Å². The van der Waals surface area contributed by atoms with Crippen LogP contribution in [-0.2, 0) is 9.53 Å². The molecule has 1 fully saturated rings. The minimum absolute atomic E-state index is 0.0706. The standard InChI is InChI=1S/C29H29N5O8/c1-40-29(39)34-11-9-33(10-12-34)23-6-4-18(27(37)31-21(15-26(35)36)20-3-2-8-30-16-20)13-22(23)32-28(38)19-5-7-24-25(14-19)42-17-41-24/h2-8,13-14,16,21H,9-12,15,17H2,1H3,(H,31,37)(H,32,38)(H,35,36). The number of carbonyl (C=O) groups is 4. The zero-order valence-corrected chi connectivity index (χ0v) is 22.7. The number of rotatable bonds is 8. The second kappa shape index (κ2) is 12.5. The van der Waals surface area contributed by atoms with Crippen molar-refractivity contribution < 1.29 is 38.5 Å². The maximum absolute atomic E-state index is 13.3. The largest absolute Gasteiger partial charge is 0.481 e. The van der Waals surface area contributed by atoms with Crippen molar-refractivity contribution in [2.45, 2.75) is 12.5 Å². The van der Waals surface area contributed by atoms with Crippen LogP contribution in [0.3, 0.4) is 0 Å². The highest BCUT2D eigenvalue weighted by Crippen LogP contribution is 2.34. The molecule has 2 aromatic carbocycles. The van der Waals surface area contributed by atoms with E-state index in [9.17, 15) is 24.3 Å². The summed E-state index contributed by atoms with van der Waals surface area (Å²) in [4.78, 5) is 57.8. The molecular formula is C29H29N5O8. The van der Waals surface area contributed by atoms with Gasteiger partial charge < -0.3 is 39.8 Å². The lowest BCUT2D eigenvalue weighted by molar-refractivity contribution is -0.137. The van der Waals surface area contributed by atoms with E-state index in [0.717, 1.165) is 0 Å². The molecule has 1 saturated heterocycles. The Kier molecular flexibility index (Phi) is 8.37. The number of fused-ring (bicyclic) bond motifs is 1. The molecule has 3 aromatic rings. The number of benzene rings is 2. The Bertz CT molecular complexity index is 1490. The number of nitrogens with zero attached hydrogens (tertiary/aromatic N) is 3. The highest BCUT2D eigenvalue weighted by Gasteiger charge is 2.26. The number of amides is 3. The van der Waals surface area contributed by atoms with E-state index < -0.39 is 29.9 Å². The Morgan fingerprint density at radius 1 is 0.976 bits per heavy atom. The SMILES string of the molecule is COC(=O)N1CCN(c2ccc(C(=O)NC(CC(=O)O)c3cccnc3)cc2NC(=O)c2ccc3c(c2)OCO3)CC1. The third kappa shape index (κ3) is 6.35. The van der Waals surface area contributed by atoms with Gasteiger partial charge in [-0.05, 0) is 48.0 Å². The summed E-state index contributed by atoms with van der Waals surface area (Å²) in [7, 11) is 1.33. The van der Waals surface area contributed by atoms with Crippen molar-refractivity contribution in [2.75, 3.05) is 50.3 Å². The van der Waals surface area contributed by atoms with Gasteiger partial charge in [0.25, 0.3) is 11.8 Å². The van der Waals surface area contributed by atoms with Gasteiger partial charge in [-0.3, -0.25) is 19.4 Å². The van der Waals surface area contributed by atoms with Crippen LogP contribution in [0, 0.1) is 0 Å². The number of aliphatic carboxylic acids is 1. The van der Waals surface area contributed by atoms with Crippen LogP contribution in [-0.4, -0.2) is 78.9 Å². The predicted molar refractivity (Wildman–Crippen MR) is 150 cm³/mol. The number of carboxylic acid groups (broad SMARTS) is 1. The second-order valence-corrected chi connectivity index (χ2v) is 9.61. The summed E-state index contributed by atoms with van der Waals surface area (Å²) in [6.07, 6.45) is 2.31. The molecule has 3 heterocycles. The summed E-state index contributed by atoms with van der Waals surface area (Å²) in [5.74, 6) is -1.04. The van der Waals surface area contributed by atoms with Gasteiger partial charge in [-0.15, -0.1) is 0 Å². The van der Waals surface area contributed by atoms with E-state index in [1.807, 2.05) is 4.90 Å². The van der Waals surface area contributed by atoms with E-state index in [1.54, 1.807) is 59.6 Å². The van der Waals surface area contributed by atoms with E-state index in [2.05, 4.69) is 15.6 Å². The number of pyridine rings is 1. The van der Waals surface area contributed by atoms with E-state index in [4.69, 9.17) is 14.2 Å². The topological polar surface area (TPSA) is 160 Å². The van der Waals surface area contributed by atoms with Gasteiger partial charge in [0.15, 0.2) is 11.5 Å². The van der Waals surface area contributed by atoms with Gasteiger partial charge in [-0.2, -0.15) is 0 Å². The quantitative estimate of drug-likeness (QED) is 0.364. The Balaban J connectivity index is 1.41. The number of carbonyl (C=O) groups excluding carboxylic acids is 3. The first-order valence-electron chi connectivity index (χ1n) is 13.2. The van der Waals surface area contributed by atoms with Crippen LogP contribution < -0.4 is 25.0 Å². The molecule has 3 amide bonds. The van der Waals surface area contributed by atoms with E-state index in [0.29, 0.717) is 60.2 Å². The Morgan fingerprint density at radius 3 is 2.43 bits per heavy atom. The van der Waals surface area contributed by atoms with Gasteiger partial charge in [0.2, 0.25) is 6.79 Å². The minimum atomic E-state index is -1.08. The molecule has 2 aliphatic heterocycles. The lowest BCUT2D eigenvalue weighted by Crippen LogP contribution is -2.49. The van der Waals surface area contributed by atoms with Crippen LogP contribution in [0.15, 0.2) is 60.9 Å². The van der Waals surface area contributed by atoms with Crippen molar-refractivity contribution in [3.63, 3.8) is 0 Å². The maximum atomic E-state index is 13.3. The predicted octanol–water partition coefficient (Wildman–Crippen LogP) is 2.90. The molecule has 5 rings (SSSR count). The molecule has 218 valence electrons. The number of ether oxygens (including phenoxy) is 3. The molecule has 0 aliphatic carbocycles. The zero-order chi connectivity index (χ0) is 29.6.